The Balaban J connectivity index is 1.58. The minimum absolute atomic E-state index is 0.367. The summed E-state index contributed by atoms with van der Waals surface area (Å²) in [5.41, 5.74) is 0.482. The summed E-state index contributed by atoms with van der Waals surface area (Å²) in [6, 6.07) is 1.38. The molecule has 0 N–H and O–H groups in total. The molecule has 2 bridgehead atoms. The molecule has 3 heteroatoms. The Bertz CT molecular complexity index is 266. The normalized spacial score (nSPS) is 34.8. The molecule has 2 unspecified atom stereocenters. The van der Waals surface area contributed by atoms with Crippen molar-refractivity contribution in [1.82, 2.24) is 4.90 Å². The molecule has 2 aliphatic heterocycles. The van der Waals surface area contributed by atoms with E-state index in [2.05, 4.69) is 18.7 Å². The lowest BCUT2D eigenvalue weighted by molar-refractivity contribution is -0.0877. The summed E-state index contributed by atoms with van der Waals surface area (Å²) in [5, 5.41) is 0. The quantitative estimate of drug-likeness (QED) is 0.751. The first-order valence-electron chi connectivity index (χ1n) is 7.64. The largest absolute Gasteiger partial charge is 0.378 e. The van der Waals surface area contributed by atoms with Gasteiger partial charge in [-0.05, 0) is 39.5 Å². The SMILES string of the molecule is CC(C)OCC1(CN2C3CCCC2COC3)CC1. The Hall–Kier alpha value is -0.120. The van der Waals surface area contributed by atoms with Crippen molar-refractivity contribution in [2.45, 2.75) is 64.1 Å². The first-order chi connectivity index (χ1) is 8.69. The molecule has 104 valence electrons. The molecule has 1 saturated carbocycles. The second-order valence-corrected chi connectivity index (χ2v) is 6.81. The van der Waals surface area contributed by atoms with E-state index in [9.17, 15) is 0 Å². The highest BCUT2D eigenvalue weighted by molar-refractivity contribution is 5.00. The van der Waals surface area contributed by atoms with E-state index in [0.29, 0.717) is 23.6 Å². The van der Waals surface area contributed by atoms with E-state index in [-0.39, 0.29) is 0 Å². The Morgan fingerprint density at radius 2 is 1.89 bits per heavy atom. The van der Waals surface area contributed by atoms with E-state index >= 15 is 0 Å². The highest BCUT2D eigenvalue weighted by Gasteiger charge is 2.47. The lowest BCUT2D eigenvalue weighted by Crippen LogP contribution is -2.56. The van der Waals surface area contributed by atoms with Crippen molar-refractivity contribution < 1.29 is 9.47 Å². The summed E-state index contributed by atoms with van der Waals surface area (Å²) in [6.45, 7) is 8.40. The topological polar surface area (TPSA) is 21.7 Å². The molecule has 3 fully saturated rings. The molecule has 3 aliphatic rings. The van der Waals surface area contributed by atoms with Gasteiger partial charge in [-0.25, -0.2) is 0 Å². The second-order valence-electron chi connectivity index (χ2n) is 6.81. The molecule has 0 aromatic carbocycles. The van der Waals surface area contributed by atoms with Gasteiger partial charge in [-0.15, -0.1) is 0 Å². The summed E-state index contributed by atoms with van der Waals surface area (Å²) >= 11 is 0. The van der Waals surface area contributed by atoms with Gasteiger partial charge >= 0.3 is 0 Å². The average molecular weight is 253 g/mol. The van der Waals surface area contributed by atoms with Crippen LogP contribution >= 0.6 is 0 Å². The van der Waals surface area contributed by atoms with Crippen LogP contribution in [0.2, 0.25) is 0 Å². The van der Waals surface area contributed by atoms with Crippen LogP contribution in [0.15, 0.2) is 0 Å². The van der Waals surface area contributed by atoms with Crippen molar-refractivity contribution in [3.05, 3.63) is 0 Å². The fraction of sp³-hybridized carbons (Fsp3) is 1.00. The smallest absolute Gasteiger partial charge is 0.0622 e. The molecule has 0 spiro atoms. The number of nitrogens with zero attached hydrogens (tertiary/aromatic N) is 1. The minimum atomic E-state index is 0.367. The maximum absolute atomic E-state index is 5.87. The number of morpholine rings is 1. The Morgan fingerprint density at radius 1 is 1.22 bits per heavy atom. The van der Waals surface area contributed by atoms with E-state index in [4.69, 9.17) is 9.47 Å². The van der Waals surface area contributed by atoms with Gasteiger partial charge in [-0.2, -0.15) is 0 Å². The third-order valence-electron chi connectivity index (χ3n) is 4.83. The highest BCUT2D eigenvalue weighted by atomic mass is 16.5. The van der Waals surface area contributed by atoms with Gasteiger partial charge in [0.1, 0.15) is 0 Å². The minimum Gasteiger partial charge on any atom is -0.378 e. The fourth-order valence-corrected chi connectivity index (χ4v) is 3.43. The predicted octanol–water partition coefficient (Wildman–Crippen LogP) is 2.44. The lowest BCUT2D eigenvalue weighted by Gasteiger charge is -2.47. The van der Waals surface area contributed by atoms with Crippen molar-refractivity contribution >= 4 is 0 Å². The third-order valence-corrected chi connectivity index (χ3v) is 4.83. The van der Waals surface area contributed by atoms with Crippen LogP contribution in [0.1, 0.15) is 46.0 Å². The fourth-order valence-electron chi connectivity index (χ4n) is 3.43. The average Bonchev–Trinajstić information content (AvgIpc) is 3.07. The Kier molecular flexibility index (Phi) is 3.65. The third kappa shape index (κ3) is 2.73. The molecule has 3 nitrogen and oxygen atoms in total. The van der Waals surface area contributed by atoms with Gasteiger partial charge in [0.2, 0.25) is 0 Å². The monoisotopic (exact) mass is 253 g/mol. The van der Waals surface area contributed by atoms with Crippen LogP contribution in [0, 0.1) is 5.41 Å². The van der Waals surface area contributed by atoms with Gasteiger partial charge in [-0.3, -0.25) is 4.90 Å². The molecule has 1 aliphatic carbocycles. The molecule has 0 aromatic rings. The van der Waals surface area contributed by atoms with Gasteiger partial charge in [0.15, 0.2) is 0 Å². The van der Waals surface area contributed by atoms with Crippen LogP contribution in [-0.4, -0.2) is 49.5 Å². The first kappa shape index (κ1) is 12.9. The maximum Gasteiger partial charge on any atom is 0.0622 e. The van der Waals surface area contributed by atoms with Gasteiger partial charge < -0.3 is 9.47 Å². The molecular formula is C15H27NO2. The molecule has 0 amide bonds. The summed E-state index contributed by atoms with van der Waals surface area (Å²) in [7, 11) is 0. The predicted molar refractivity (Wildman–Crippen MR) is 71.7 cm³/mol. The van der Waals surface area contributed by atoms with E-state index in [0.717, 1.165) is 19.8 Å². The van der Waals surface area contributed by atoms with E-state index in [1.165, 1.54) is 38.6 Å². The number of hydrogen-bond donors (Lipinski definition) is 0. The van der Waals surface area contributed by atoms with Gasteiger partial charge in [0, 0.05) is 24.0 Å². The van der Waals surface area contributed by atoms with Gasteiger partial charge in [0.25, 0.3) is 0 Å². The summed E-state index contributed by atoms with van der Waals surface area (Å²) in [6.07, 6.45) is 7.14. The Morgan fingerprint density at radius 3 is 2.44 bits per heavy atom. The molecule has 3 rings (SSSR count). The van der Waals surface area contributed by atoms with Crippen LogP contribution < -0.4 is 0 Å². The molecule has 2 heterocycles. The van der Waals surface area contributed by atoms with E-state index in [1.54, 1.807) is 0 Å². The van der Waals surface area contributed by atoms with Crippen LogP contribution in [0.4, 0.5) is 0 Å². The highest BCUT2D eigenvalue weighted by Crippen LogP contribution is 2.48. The molecular weight excluding hydrogens is 226 g/mol. The molecule has 0 radical (unpaired) electrons. The summed E-state index contributed by atoms with van der Waals surface area (Å²) < 4.78 is 11.6. The maximum atomic E-state index is 5.87. The zero-order chi connectivity index (χ0) is 12.6. The van der Waals surface area contributed by atoms with Crippen molar-refractivity contribution in [2.24, 2.45) is 5.41 Å². The summed E-state index contributed by atoms with van der Waals surface area (Å²) in [5.74, 6) is 0. The zero-order valence-electron chi connectivity index (χ0n) is 11.9. The van der Waals surface area contributed by atoms with Crippen molar-refractivity contribution in [3.63, 3.8) is 0 Å². The van der Waals surface area contributed by atoms with Crippen LogP contribution in [0.25, 0.3) is 0 Å². The molecule has 0 aromatic heterocycles. The number of hydrogen-bond acceptors (Lipinski definition) is 3. The second kappa shape index (κ2) is 5.10. The Labute approximate surface area is 111 Å². The molecule has 2 saturated heterocycles. The lowest BCUT2D eigenvalue weighted by atomic mass is 9.92. The van der Waals surface area contributed by atoms with Gasteiger partial charge in [-0.1, -0.05) is 6.42 Å². The number of ether oxygens (including phenoxy) is 2. The summed E-state index contributed by atoms with van der Waals surface area (Å²) in [4.78, 5) is 2.75. The van der Waals surface area contributed by atoms with E-state index < -0.39 is 0 Å². The van der Waals surface area contributed by atoms with Crippen LogP contribution in [0.5, 0.6) is 0 Å². The first-order valence-corrected chi connectivity index (χ1v) is 7.64. The zero-order valence-corrected chi connectivity index (χ0v) is 11.9. The van der Waals surface area contributed by atoms with Crippen LogP contribution in [0.3, 0.4) is 0 Å². The standard InChI is InChI=1S/C15H27NO2/c1-12(2)18-11-15(6-7-15)10-16-13-4-3-5-14(16)9-17-8-13/h12-14H,3-11H2,1-2H3. The van der Waals surface area contributed by atoms with Crippen molar-refractivity contribution in [3.8, 4) is 0 Å². The van der Waals surface area contributed by atoms with Crippen molar-refractivity contribution in [2.75, 3.05) is 26.4 Å². The molecule has 18 heavy (non-hydrogen) atoms. The number of piperidine rings is 1. The number of fused-ring (bicyclic) bond motifs is 2. The number of rotatable bonds is 5. The van der Waals surface area contributed by atoms with Gasteiger partial charge in [0.05, 0.1) is 25.9 Å². The van der Waals surface area contributed by atoms with E-state index in [1.807, 2.05) is 0 Å². The van der Waals surface area contributed by atoms with Crippen LogP contribution in [-0.2, 0) is 9.47 Å². The molecule has 2 atom stereocenters. The van der Waals surface area contributed by atoms with Crippen molar-refractivity contribution in [1.29, 1.82) is 0 Å².